The Kier molecular flexibility index (Phi) is 5.50. The first-order valence-corrected chi connectivity index (χ1v) is 11.0. The standard InChI is InChI=1S/C27H26N2O3/c1-31-21-11-13-29(14-12-21)27(30)24-17-26(28-25-6-4-3-5-23(24)25)20-8-7-19-16-22(32-2)10-9-18(19)15-20/h3-10,15-17,21H,11-14H2,1-2H3. The summed E-state index contributed by atoms with van der Waals surface area (Å²) in [6, 6.07) is 22.1. The number of pyridine rings is 1. The predicted octanol–water partition coefficient (Wildman–Crippen LogP) is 5.31. The predicted molar refractivity (Wildman–Crippen MR) is 127 cm³/mol. The molecule has 0 radical (unpaired) electrons. The second kappa shape index (κ2) is 8.60. The van der Waals surface area contributed by atoms with Gasteiger partial charge in [0.2, 0.25) is 0 Å². The second-order valence-electron chi connectivity index (χ2n) is 8.23. The summed E-state index contributed by atoms with van der Waals surface area (Å²) < 4.78 is 10.8. The fraction of sp³-hybridized carbons (Fsp3) is 0.259. The normalized spacial score (nSPS) is 14.8. The molecule has 5 nitrogen and oxygen atoms in total. The number of methoxy groups -OCH3 is 2. The number of nitrogens with zero attached hydrogens (tertiary/aromatic N) is 2. The maximum Gasteiger partial charge on any atom is 0.254 e. The molecule has 1 aromatic heterocycles. The van der Waals surface area contributed by atoms with Crippen LogP contribution in [0.4, 0.5) is 0 Å². The van der Waals surface area contributed by atoms with Gasteiger partial charge in [0.25, 0.3) is 5.91 Å². The Morgan fingerprint density at radius 1 is 0.938 bits per heavy atom. The lowest BCUT2D eigenvalue weighted by Gasteiger charge is -2.31. The molecule has 0 atom stereocenters. The summed E-state index contributed by atoms with van der Waals surface area (Å²) in [6.07, 6.45) is 1.97. The van der Waals surface area contributed by atoms with Gasteiger partial charge in [0.1, 0.15) is 5.75 Å². The lowest BCUT2D eigenvalue weighted by Crippen LogP contribution is -2.40. The molecule has 1 aliphatic rings. The first-order valence-electron chi connectivity index (χ1n) is 11.0. The Hall–Kier alpha value is -3.44. The van der Waals surface area contributed by atoms with Gasteiger partial charge < -0.3 is 14.4 Å². The molecule has 5 rings (SSSR count). The van der Waals surface area contributed by atoms with Crippen molar-refractivity contribution in [2.24, 2.45) is 0 Å². The van der Waals surface area contributed by atoms with Crippen LogP contribution in [0.2, 0.25) is 0 Å². The van der Waals surface area contributed by atoms with Gasteiger partial charge in [0, 0.05) is 31.1 Å². The molecule has 1 amide bonds. The molecule has 0 spiro atoms. The highest BCUT2D eigenvalue weighted by molar-refractivity contribution is 6.07. The molecule has 0 bridgehead atoms. The Labute approximate surface area is 187 Å². The van der Waals surface area contributed by atoms with Crippen LogP contribution in [0.25, 0.3) is 32.9 Å². The van der Waals surface area contributed by atoms with Crippen LogP contribution in [0.15, 0.2) is 66.7 Å². The molecule has 2 heterocycles. The van der Waals surface area contributed by atoms with E-state index in [9.17, 15) is 4.79 Å². The highest BCUT2D eigenvalue weighted by Crippen LogP contribution is 2.30. The smallest absolute Gasteiger partial charge is 0.254 e. The lowest BCUT2D eigenvalue weighted by molar-refractivity contribution is 0.0352. The topological polar surface area (TPSA) is 51.7 Å². The first kappa shape index (κ1) is 20.5. The molecule has 0 aliphatic carbocycles. The molecular weight excluding hydrogens is 400 g/mol. The van der Waals surface area contributed by atoms with Gasteiger partial charge in [-0.15, -0.1) is 0 Å². The molecule has 1 aliphatic heterocycles. The highest BCUT2D eigenvalue weighted by Gasteiger charge is 2.25. The van der Waals surface area contributed by atoms with E-state index in [1.54, 1.807) is 14.2 Å². The number of carbonyl (C=O) groups excluding carboxylic acids is 1. The summed E-state index contributed by atoms with van der Waals surface area (Å²) in [7, 11) is 3.41. The van der Waals surface area contributed by atoms with Crippen LogP contribution in [-0.2, 0) is 4.74 Å². The van der Waals surface area contributed by atoms with Gasteiger partial charge in [-0.05, 0) is 53.9 Å². The third-order valence-electron chi connectivity index (χ3n) is 6.35. The number of aromatic nitrogens is 1. The molecule has 1 fully saturated rings. The first-order chi connectivity index (χ1) is 15.7. The van der Waals surface area contributed by atoms with Crippen molar-refractivity contribution in [3.05, 3.63) is 72.3 Å². The summed E-state index contributed by atoms with van der Waals surface area (Å²) >= 11 is 0. The largest absolute Gasteiger partial charge is 0.497 e. The molecule has 0 saturated carbocycles. The number of benzene rings is 3. The minimum atomic E-state index is 0.0601. The number of fused-ring (bicyclic) bond motifs is 2. The van der Waals surface area contributed by atoms with E-state index < -0.39 is 0 Å². The number of carbonyl (C=O) groups is 1. The zero-order valence-corrected chi connectivity index (χ0v) is 18.4. The van der Waals surface area contributed by atoms with Crippen molar-refractivity contribution in [2.75, 3.05) is 27.3 Å². The second-order valence-corrected chi connectivity index (χ2v) is 8.23. The number of likely N-dealkylation sites (tertiary alicyclic amines) is 1. The highest BCUT2D eigenvalue weighted by atomic mass is 16.5. The van der Waals surface area contributed by atoms with Gasteiger partial charge in [0.05, 0.1) is 30.0 Å². The maximum absolute atomic E-state index is 13.5. The minimum Gasteiger partial charge on any atom is -0.497 e. The van der Waals surface area contributed by atoms with E-state index >= 15 is 0 Å². The fourth-order valence-electron chi connectivity index (χ4n) is 4.48. The zero-order chi connectivity index (χ0) is 22.1. The van der Waals surface area contributed by atoms with Gasteiger partial charge in [0.15, 0.2) is 0 Å². The van der Waals surface area contributed by atoms with Crippen LogP contribution in [0.1, 0.15) is 23.2 Å². The van der Waals surface area contributed by atoms with Crippen molar-refractivity contribution < 1.29 is 14.3 Å². The van der Waals surface area contributed by atoms with E-state index in [1.807, 2.05) is 53.4 Å². The van der Waals surface area contributed by atoms with E-state index in [-0.39, 0.29) is 12.0 Å². The Morgan fingerprint density at radius 3 is 2.47 bits per heavy atom. The summed E-state index contributed by atoms with van der Waals surface area (Å²) in [5.41, 5.74) is 3.32. The van der Waals surface area contributed by atoms with Gasteiger partial charge in [-0.2, -0.15) is 0 Å². The van der Waals surface area contributed by atoms with Gasteiger partial charge in [-0.1, -0.05) is 36.4 Å². The summed E-state index contributed by atoms with van der Waals surface area (Å²) in [4.78, 5) is 20.3. The number of rotatable bonds is 4. The van der Waals surface area contributed by atoms with Gasteiger partial charge in [-0.3, -0.25) is 4.79 Å². The molecule has 4 aromatic rings. The van der Waals surface area contributed by atoms with Gasteiger partial charge in [-0.25, -0.2) is 4.98 Å². The lowest BCUT2D eigenvalue weighted by atomic mass is 10.00. The average molecular weight is 427 g/mol. The van der Waals surface area contributed by atoms with E-state index in [2.05, 4.69) is 18.2 Å². The molecule has 162 valence electrons. The maximum atomic E-state index is 13.5. The number of hydrogen-bond acceptors (Lipinski definition) is 4. The third-order valence-corrected chi connectivity index (χ3v) is 6.35. The van der Waals surface area contributed by atoms with Crippen LogP contribution >= 0.6 is 0 Å². The van der Waals surface area contributed by atoms with Crippen molar-refractivity contribution >= 4 is 27.6 Å². The van der Waals surface area contributed by atoms with Crippen molar-refractivity contribution in [1.29, 1.82) is 0 Å². The molecule has 5 heteroatoms. The SMILES string of the molecule is COc1ccc2cc(-c3cc(C(=O)N4CCC(OC)CC4)c4ccccc4n3)ccc2c1. The van der Waals surface area contributed by atoms with E-state index in [1.165, 1.54) is 0 Å². The van der Waals surface area contributed by atoms with E-state index in [0.717, 1.165) is 51.5 Å². The van der Waals surface area contributed by atoms with Gasteiger partial charge >= 0.3 is 0 Å². The molecule has 1 saturated heterocycles. The van der Waals surface area contributed by atoms with Crippen molar-refractivity contribution in [3.63, 3.8) is 0 Å². The van der Waals surface area contributed by atoms with Crippen molar-refractivity contribution in [2.45, 2.75) is 18.9 Å². The number of para-hydroxylation sites is 1. The molecule has 3 aromatic carbocycles. The summed E-state index contributed by atoms with van der Waals surface area (Å²) in [5, 5.41) is 3.10. The van der Waals surface area contributed by atoms with Crippen LogP contribution in [0.5, 0.6) is 5.75 Å². The molecular formula is C27H26N2O3. The number of ether oxygens (including phenoxy) is 2. The van der Waals surface area contributed by atoms with E-state index in [0.29, 0.717) is 18.7 Å². The summed E-state index contributed by atoms with van der Waals surface area (Å²) in [5.74, 6) is 0.893. The minimum absolute atomic E-state index is 0.0601. The van der Waals surface area contributed by atoms with Crippen LogP contribution < -0.4 is 4.74 Å². The Morgan fingerprint density at radius 2 is 1.69 bits per heavy atom. The van der Waals surface area contributed by atoms with Crippen molar-refractivity contribution in [1.82, 2.24) is 9.88 Å². The monoisotopic (exact) mass is 426 g/mol. The molecule has 0 unspecified atom stereocenters. The Balaban J connectivity index is 1.56. The van der Waals surface area contributed by atoms with Crippen molar-refractivity contribution in [3.8, 4) is 17.0 Å². The molecule has 32 heavy (non-hydrogen) atoms. The third kappa shape index (κ3) is 3.80. The van der Waals surface area contributed by atoms with Crippen LogP contribution in [0, 0.1) is 0 Å². The van der Waals surface area contributed by atoms with Crippen LogP contribution in [-0.4, -0.2) is 49.2 Å². The fourth-order valence-corrected chi connectivity index (χ4v) is 4.48. The average Bonchev–Trinajstić information content (AvgIpc) is 2.87. The van der Waals surface area contributed by atoms with E-state index in [4.69, 9.17) is 14.5 Å². The number of hydrogen-bond donors (Lipinski definition) is 0. The summed E-state index contributed by atoms with van der Waals surface area (Å²) in [6.45, 7) is 1.42. The van der Waals surface area contributed by atoms with Crippen LogP contribution in [0.3, 0.4) is 0 Å². The molecule has 0 N–H and O–H groups in total. The zero-order valence-electron chi connectivity index (χ0n) is 18.4. The number of amides is 1. The number of piperidine rings is 1. The quantitative estimate of drug-likeness (QED) is 0.443. The Bertz CT molecular complexity index is 1290.